The van der Waals surface area contributed by atoms with Crippen molar-refractivity contribution in [3.8, 4) is 22.8 Å². The number of benzene rings is 1. The molecule has 3 heterocycles. The summed E-state index contributed by atoms with van der Waals surface area (Å²) < 4.78 is 33.4. The minimum atomic E-state index is -0.967. The standard InChI is InChI=1S/C16H11F2N5O/c1-2-13-20-21-14-6-4-10(8-23(13)14)15-19-16(24-22-15)9-3-5-11(17)12(18)7-9/h3-8H,2H2,1H3. The zero-order valence-electron chi connectivity index (χ0n) is 12.6. The summed E-state index contributed by atoms with van der Waals surface area (Å²) in [6.07, 6.45) is 2.55. The van der Waals surface area contributed by atoms with Gasteiger partial charge < -0.3 is 4.52 Å². The van der Waals surface area contributed by atoms with Crippen LogP contribution in [0, 0.1) is 11.6 Å². The second kappa shape index (κ2) is 5.48. The first-order valence-corrected chi connectivity index (χ1v) is 7.29. The third kappa shape index (κ3) is 2.32. The maximum Gasteiger partial charge on any atom is 0.258 e. The van der Waals surface area contributed by atoms with Crippen LogP contribution in [0.4, 0.5) is 8.78 Å². The molecule has 0 unspecified atom stereocenters. The summed E-state index contributed by atoms with van der Waals surface area (Å²) in [6.45, 7) is 1.98. The fourth-order valence-electron chi connectivity index (χ4n) is 2.40. The monoisotopic (exact) mass is 327 g/mol. The van der Waals surface area contributed by atoms with Crippen LogP contribution in [0.3, 0.4) is 0 Å². The normalized spacial score (nSPS) is 11.3. The molecule has 3 aromatic heterocycles. The molecular weight excluding hydrogens is 316 g/mol. The van der Waals surface area contributed by atoms with Gasteiger partial charge in [0.25, 0.3) is 5.89 Å². The Morgan fingerprint density at radius 1 is 1.04 bits per heavy atom. The van der Waals surface area contributed by atoms with E-state index in [0.717, 1.165) is 30.0 Å². The highest BCUT2D eigenvalue weighted by Gasteiger charge is 2.14. The molecule has 24 heavy (non-hydrogen) atoms. The maximum atomic E-state index is 13.3. The van der Waals surface area contributed by atoms with Crippen molar-refractivity contribution in [3.05, 3.63) is 54.0 Å². The predicted octanol–water partition coefficient (Wildman–Crippen LogP) is 3.29. The topological polar surface area (TPSA) is 69.1 Å². The second-order valence-electron chi connectivity index (χ2n) is 5.17. The third-order valence-corrected chi connectivity index (χ3v) is 3.64. The molecule has 0 fully saturated rings. The molecule has 0 aliphatic rings. The fraction of sp³-hybridized carbons (Fsp3) is 0.125. The summed E-state index contributed by atoms with van der Waals surface area (Å²) in [6, 6.07) is 7.02. The van der Waals surface area contributed by atoms with Crippen LogP contribution in [0.1, 0.15) is 12.7 Å². The van der Waals surface area contributed by atoms with E-state index in [2.05, 4.69) is 20.3 Å². The molecule has 8 heteroatoms. The van der Waals surface area contributed by atoms with Crippen molar-refractivity contribution >= 4 is 5.65 Å². The van der Waals surface area contributed by atoms with Gasteiger partial charge in [0, 0.05) is 23.7 Å². The van der Waals surface area contributed by atoms with E-state index in [0.29, 0.717) is 17.0 Å². The van der Waals surface area contributed by atoms with E-state index in [1.165, 1.54) is 6.07 Å². The van der Waals surface area contributed by atoms with Gasteiger partial charge in [-0.05, 0) is 30.3 Å². The number of aromatic nitrogens is 5. The molecule has 0 aliphatic carbocycles. The number of fused-ring (bicyclic) bond motifs is 1. The van der Waals surface area contributed by atoms with Crippen molar-refractivity contribution < 1.29 is 13.3 Å². The average Bonchev–Trinajstić information content (AvgIpc) is 3.23. The molecule has 0 amide bonds. The highest BCUT2D eigenvalue weighted by molar-refractivity contribution is 5.61. The molecule has 4 aromatic rings. The Morgan fingerprint density at radius 2 is 1.88 bits per heavy atom. The Morgan fingerprint density at radius 3 is 2.67 bits per heavy atom. The van der Waals surface area contributed by atoms with E-state index in [9.17, 15) is 8.78 Å². The van der Waals surface area contributed by atoms with Gasteiger partial charge in [0.2, 0.25) is 5.82 Å². The van der Waals surface area contributed by atoms with Gasteiger partial charge in [-0.15, -0.1) is 10.2 Å². The van der Waals surface area contributed by atoms with Crippen LogP contribution >= 0.6 is 0 Å². The van der Waals surface area contributed by atoms with Gasteiger partial charge in [-0.25, -0.2) is 8.78 Å². The Balaban J connectivity index is 1.75. The minimum Gasteiger partial charge on any atom is -0.334 e. The molecular formula is C16H11F2N5O. The first-order chi connectivity index (χ1) is 11.7. The molecule has 1 aromatic carbocycles. The lowest BCUT2D eigenvalue weighted by molar-refractivity contribution is 0.431. The van der Waals surface area contributed by atoms with E-state index >= 15 is 0 Å². The molecule has 0 atom stereocenters. The molecule has 0 saturated heterocycles. The molecule has 0 aliphatic heterocycles. The summed E-state index contributed by atoms with van der Waals surface area (Å²) >= 11 is 0. The van der Waals surface area contributed by atoms with Crippen molar-refractivity contribution in [2.45, 2.75) is 13.3 Å². The first kappa shape index (κ1) is 14.4. The van der Waals surface area contributed by atoms with Gasteiger partial charge in [0.15, 0.2) is 17.3 Å². The summed E-state index contributed by atoms with van der Waals surface area (Å²) in [5, 5.41) is 12.1. The lowest BCUT2D eigenvalue weighted by Gasteiger charge is -1.99. The number of halogens is 2. The minimum absolute atomic E-state index is 0.114. The van der Waals surface area contributed by atoms with Crippen molar-refractivity contribution in [2.24, 2.45) is 0 Å². The van der Waals surface area contributed by atoms with Gasteiger partial charge in [-0.1, -0.05) is 12.1 Å². The lowest BCUT2D eigenvalue weighted by Crippen LogP contribution is -1.93. The van der Waals surface area contributed by atoms with Crippen LogP contribution in [0.2, 0.25) is 0 Å². The molecule has 6 nitrogen and oxygen atoms in total. The van der Waals surface area contributed by atoms with E-state index in [1.54, 1.807) is 12.1 Å². The predicted molar refractivity (Wildman–Crippen MR) is 81.0 cm³/mol. The molecule has 0 saturated carbocycles. The number of hydrogen-bond donors (Lipinski definition) is 0. The van der Waals surface area contributed by atoms with Crippen LogP contribution in [-0.4, -0.2) is 24.7 Å². The van der Waals surface area contributed by atoms with Gasteiger partial charge in [-0.3, -0.25) is 4.40 Å². The van der Waals surface area contributed by atoms with E-state index in [-0.39, 0.29) is 5.89 Å². The largest absolute Gasteiger partial charge is 0.334 e. The van der Waals surface area contributed by atoms with Gasteiger partial charge >= 0.3 is 0 Å². The molecule has 0 bridgehead atoms. The maximum absolute atomic E-state index is 13.3. The summed E-state index contributed by atoms with van der Waals surface area (Å²) in [4.78, 5) is 4.25. The Hall–Kier alpha value is -3.16. The number of rotatable bonds is 3. The van der Waals surface area contributed by atoms with Crippen molar-refractivity contribution in [1.29, 1.82) is 0 Å². The third-order valence-electron chi connectivity index (χ3n) is 3.64. The SMILES string of the molecule is CCc1nnc2ccc(-c3noc(-c4ccc(F)c(F)c4)n3)cn12. The van der Waals surface area contributed by atoms with Gasteiger partial charge in [0.1, 0.15) is 5.82 Å². The summed E-state index contributed by atoms with van der Waals surface area (Å²) in [5.74, 6) is -0.624. The van der Waals surface area contributed by atoms with Crippen LogP contribution in [0.25, 0.3) is 28.5 Å². The highest BCUT2D eigenvalue weighted by atomic mass is 19.2. The van der Waals surface area contributed by atoms with E-state index in [1.807, 2.05) is 17.5 Å². The number of pyridine rings is 1. The van der Waals surface area contributed by atoms with Gasteiger partial charge in [0.05, 0.1) is 0 Å². The van der Waals surface area contributed by atoms with Gasteiger partial charge in [-0.2, -0.15) is 4.98 Å². The number of nitrogens with zero attached hydrogens (tertiary/aromatic N) is 5. The Kier molecular flexibility index (Phi) is 3.30. The zero-order chi connectivity index (χ0) is 16.7. The van der Waals surface area contributed by atoms with Crippen LogP contribution in [0.15, 0.2) is 41.1 Å². The highest BCUT2D eigenvalue weighted by Crippen LogP contribution is 2.24. The lowest BCUT2D eigenvalue weighted by atomic mass is 10.2. The molecule has 4 rings (SSSR count). The van der Waals surface area contributed by atoms with Crippen LogP contribution in [-0.2, 0) is 6.42 Å². The zero-order valence-corrected chi connectivity index (χ0v) is 12.6. The fourth-order valence-corrected chi connectivity index (χ4v) is 2.40. The van der Waals surface area contributed by atoms with E-state index in [4.69, 9.17) is 4.52 Å². The quantitative estimate of drug-likeness (QED) is 0.577. The average molecular weight is 327 g/mol. The molecule has 0 spiro atoms. The molecule has 0 radical (unpaired) electrons. The van der Waals surface area contributed by atoms with Crippen molar-refractivity contribution in [1.82, 2.24) is 24.7 Å². The molecule has 0 N–H and O–H groups in total. The van der Waals surface area contributed by atoms with E-state index < -0.39 is 11.6 Å². The Labute approximate surface area is 134 Å². The Bertz CT molecular complexity index is 1040. The summed E-state index contributed by atoms with van der Waals surface area (Å²) in [7, 11) is 0. The van der Waals surface area contributed by atoms with Crippen molar-refractivity contribution in [2.75, 3.05) is 0 Å². The van der Waals surface area contributed by atoms with Crippen LogP contribution < -0.4 is 0 Å². The van der Waals surface area contributed by atoms with Crippen LogP contribution in [0.5, 0.6) is 0 Å². The molecule has 120 valence electrons. The summed E-state index contributed by atoms with van der Waals surface area (Å²) in [5.41, 5.74) is 1.74. The number of aryl methyl sites for hydroxylation is 1. The van der Waals surface area contributed by atoms with Crippen molar-refractivity contribution in [3.63, 3.8) is 0 Å². The number of hydrogen-bond acceptors (Lipinski definition) is 5. The first-order valence-electron chi connectivity index (χ1n) is 7.29. The smallest absolute Gasteiger partial charge is 0.258 e. The second-order valence-corrected chi connectivity index (χ2v) is 5.17.